The summed E-state index contributed by atoms with van der Waals surface area (Å²) in [7, 11) is 0. The van der Waals surface area contributed by atoms with Crippen LogP contribution in [0.25, 0.3) is 0 Å². The highest BCUT2D eigenvalue weighted by Gasteiger charge is 2.04. The van der Waals surface area contributed by atoms with Gasteiger partial charge in [-0.3, -0.25) is 0 Å². The van der Waals surface area contributed by atoms with Crippen LogP contribution in [-0.2, 0) is 0 Å². The summed E-state index contributed by atoms with van der Waals surface area (Å²) < 4.78 is 0. The molecule has 0 bridgehead atoms. The lowest BCUT2D eigenvalue weighted by molar-refractivity contribution is 0.231. The summed E-state index contributed by atoms with van der Waals surface area (Å²) in [6.07, 6.45) is 2.21. The van der Waals surface area contributed by atoms with Crippen LogP contribution >= 0.6 is 0 Å². The maximum Gasteiger partial charge on any atom is 0.0584 e. The van der Waals surface area contributed by atoms with Crippen LogP contribution in [0.15, 0.2) is 0 Å². The fourth-order valence-corrected chi connectivity index (χ4v) is 1.01. The lowest BCUT2D eigenvalue weighted by Crippen LogP contribution is -2.34. The first kappa shape index (κ1) is 10.9. The summed E-state index contributed by atoms with van der Waals surface area (Å²) in [6, 6.07) is 0.308. The lowest BCUT2D eigenvalue weighted by atomic mass is 10.1. The Kier molecular flexibility index (Phi) is 6.57. The molecule has 0 aliphatic carbocycles. The Bertz CT molecular complexity index is 83.6. The van der Waals surface area contributed by atoms with Crippen LogP contribution in [0.4, 0.5) is 0 Å². The van der Waals surface area contributed by atoms with Gasteiger partial charge in [0.05, 0.1) is 6.61 Å². The van der Waals surface area contributed by atoms with Crippen molar-refractivity contribution in [1.82, 2.24) is 5.32 Å². The van der Waals surface area contributed by atoms with Crippen molar-refractivity contribution < 1.29 is 5.11 Å². The Balaban J connectivity index is 3.35. The van der Waals surface area contributed by atoms with E-state index in [0.29, 0.717) is 12.0 Å². The minimum Gasteiger partial charge on any atom is -0.395 e. The molecule has 0 aliphatic heterocycles. The molecule has 2 heteroatoms. The molecule has 0 aromatic rings. The molecule has 0 spiro atoms. The zero-order valence-electron chi connectivity index (χ0n) is 7.93. The van der Waals surface area contributed by atoms with Crippen LogP contribution in [-0.4, -0.2) is 24.3 Å². The summed E-state index contributed by atoms with van der Waals surface area (Å²) >= 11 is 0. The van der Waals surface area contributed by atoms with Gasteiger partial charge >= 0.3 is 0 Å². The van der Waals surface area contributed by atoms with E-state index in [4.69, 9.17) is 5.11 Å². The van der Waals surface area contributed by atoms with E-state index in [2.05, 4.69) is 26.1 Å². The SMILES string of the molecule is CCCC(CO)NCC(C)C. The number of hydrogen-bond acceptors (Lipinski definition) is 2. The summed E-state index contributed by atoms with van der Waals surface area (Å²) in [4.78, 5) is 0. The van der Waals surface area contributed by atoms with Crippen LogP contribution in [0.3, 0.4) is 0 Å². The zero-order valence-corrected chi connectivity index (χ0v) is 7.93. The molecule has 1 atom stereocenters. The monoisotopic (exact) mass is 159 g/mol. The van der Waals surface area contributed by atoms with Gasteiger partial charge in [0.2, 0.25) is 0 Å². The summed E-state index contributed by atoms with van der Waals surface area (Å²) in [5.74, 6) is 0.668. The molecule has 0 rings (SSSR count). The number of aliphatic hydroxyl groups is 1. The minimum atomic E-state index is 0.264. The third kappa shape index (κ3) is 6.32. The molecule has 1 unspecified atom stereocenters. The topological polar surface area (TPSA) is 32.3 Å². The van der Waals surface area contributed by atoms with Crippen molar-refractivity contribution in [2.75, 3.05) is 13.2 Å². The Morgan fingerprint density at radius 2 is 2.00 bits per heavy atom. The first-order valence-electron chi connectivity index (χ1n) is 4.55. The molecule has 0 amide bonds. The predicted molar refractivity (Wildman–Crippen MR) is 48.6 cm³/mol. The molecule has 0 aliphatic rings. The van der Waals surface area contributed by atoms with Gasteiger partial charge in [0.15, 0.2) is 0 Å². The Morgan fingerprint density at radius 3 is 2.36 bits per heavy atom. The third-order valence-corrected chi connectivity index (χ3v) is 1.67. The van der Waals surface area contributed by atoms with Crippen molar-refractivity contribution >= 4 is 0 Å². The van der Waals surface area contributed by atoms with Gasteiger partial charge in [-0.2, -0.15) is 0 Å². The second-order valence-electron chi connectivity index (χ2n) is 3.47. The average Bonchev–Trinajstić information content (AvgIpc) is 1.97. The van der Waals surface area contributed by atoms with Crippen molar-refractivity contribution in [3.8, 4) is 0 Å². The highest BCUT2D eigenvalue weighted by molar-refractivity contribution is 4.64. The summed E-state index contributed by atoms with van der Waals surface area (Å²) in [6.45, 7) is 7.76. The number of nitrogens with one attached hydrogen (secondary N) is 1. The van der Waals surface area contributed by atoms with Gasteiger partial charge in [-0.05, 0) is 18.9 Å². The molecule has 0 aromatic carbocycles. The third-order valence-electron chi connectivity index (χ3n) is 1.67. The van der Waals surface area contributed by atoms with Gasteiger partial charge in [-0.15, -0.1) is 0 Å². The van der Waals surface area contributed by atoms with Gasteiger partial charge in [0.25, 0.3) is 0 Å². The molecule has 68 valence electrons. The highest BCUT2D eigenvalue weighted by Crippen LogP contribution is 1.96. The number of rotatable bonds is 6. The van der Waals surface area contributed by atoms with E-state index in [-0.39, 0.29) is 6.61 Å². The van der Waals surface area contributed by atoms with E-state index in [1.54, 1.807) is 0 Å². The second-order valence-corrected chi connectivity index (χ2v) is 3.47. The van der Waals surface area contributed by atoms with E-state index in [1.165, 1.54) is 0 Å². The lowest BCUT2D eigenvalue weighted by Gasteiger charge is -2.16. The molecule has 0 saturated carbocycles. The zero-order chi connectivity index (χ0) is 8.69. The summed E-state index contributed by atoms with van der Waals surface area (Å²) in [5, 5.41) is 12.2. The fourth-order valence-electron chi connectivity index (χ4n) is 1.01. The van der Waals surface area contributed by atoms with Crippen LogP contribution in [0.2, 0.25) is 0 Å². The van der Waals surface area contributed by atoms with Crippen molar-refractivity contribution in [2.24, 2.45) is 5.92 Å². The molecule has 11 heavy (non-hydrogen) atoms. The molecular weight excluding hydrogens is 138 g/mol. The van der Waals surface area contributed by atoms with Crippen LogP contribution < -0.4 is 5.32 Å². The van der Waals surface area contributed by atoms with Gasteiger partial charge in [-0.1, -0.05) is 27.2 Å². The Hall–Kier alpha value is -0.0800. The molecule has 2 nitrogen and oxygen atoms in total. The van der Waals surface area contributed by atoms with Gasteiger partial charge in [0, 0.05) is 6.04 Å². The standard InChI is InChI=1S/C9H21NO/c1-4-5-9(7-11)10-6-8(2)3/h8-11H,4-7H2,1-3H3. The molecule has 0 radical (unpaired) electrons. The van der Waals surface area contributed by atoms with Crippen molar-refractivity contribution in [3.05, 3.63) is 0 Å². The van der Waals surface area contributed by atoms with E-state index < -0.39 is 0 Å². The fraction of sp³-hybridized carbons (Fsp3) is 1.00. The van der Waals surface area contributed by atoms with Crippen molar-refractivity contribution in [2.45, 2.75) is 39.7 Å². The molecule has 2 N–H and O–H groups in total. The quantitative estimate of drug-likeness (QED) is 0.614. The maximum absolute atomic E-state index is 8.91. The largest absolute Gasteiger partial charge is 0.395 e. The average molecular weight is 159 g/mol. The molecule has 0 saturated heterocycles. The maximum atomic E-state index is 8.91. The van der Waals surface area contributed by atoms with Gasteiger partial charge in [-0.25, -0.2) is 0 Å². The normalized spacial score (nSPS) is 13.9. The van der Waals surface area contributed by atoms with Crippen LogP contribution in [0.1, 0.15) is 33.6 Å². The molecule has 0 fully saturated rings. The number of aliphatic hydroxyl groups excluding tert-OH is 1. The van der Waals surface area contributed by atoms with Crippen molar-refractivity contribution in [3.63, 3.8) is 0 Å². The first-order valence-corrected chi connectivity index (χ1v) is 4.55. The van der Waals surface area contributed by atoms with E-state index >= 15 is 0 Å². The molecule has 0 aromatic heterocycles. The summed E-state index contributed by atoms with van der Waals surface area (Å²) in [5.41, 5.74) is 0. The smallest absolute Gasteiger partial charge is 0.0584 e. The highest BCUT2D eigenvalue weighted by atomic mass is 16.3. The second kappa shape index (κ2) is 6.62. The number of hydrogen-bond donors (Lipinski definition) is 2. The Labute approximate surface area is 70.0 Å². The molecule has 0 heterocycles. The minimum absolute atomic E-state index is 0.264. The van der Waals surface area contributed by atoms with E-state index in [1.807, 2.05) is 0 Å². The predicted octanol–water partition coefficient (Wildman–Crippen LogP) is 1.39. The Morgan fingerprint density at radius 1 is 1.36 bits per heavy atom. The van der Waals surface area contributed by atoms with Crippen LogP contribution in [0, 0.1) is 5.92 Å². The first-order chi connectivity index (χ1) is 5.20. The van der Waals surface area contributed by atoms with Crippen molar-refractivity contribution in [1.29, 1.82) is 0 Å². The van der Waals surface area contributed by atoms with Gasteiger partial charge in [0.1, 0.15) is 0 Å². The molecular formula is C9H21NO. The van der Waals surface area contributed by atoms with Gasteiger partial charge < -0.3 is 10.4 Å². The van der Waals surface area contributed by atoms with E-state index in [9.17, 15) is 0 Å². The van der Waals surface area contributed by atoms with E-state index in [0.717, 1.165) is 19.4 Å². The van der Waals surface area contributed by atoms with Crippen LogP contribution in [0.5, 0.6) is 0 Å².